The number of methoxy groups -OCH3 is 1. The first-order chi connectivity index (χ1) is 21.7. The fourth-order valence-corrected chi connectivity index (χ4v) is 7.38. The van der Waals surface area contributed by atoms with Crippen molar-refractivity contribution >= 4 is 34.1 Å². The third-order valence-corrected chi connectivity index (χ3v) is 9.55. The molecule has 1 aliphatic rings. The number of carbonyl (C=O) groups excluding carboxylic acids is 1. The molecule has 230 valence electrons. The fourth-order valence-electron chi connectivity index (χ4n) is 6.35. The van der Waals surface area contributed by atoms with Crippen molar-refractivity contribution in [3.8, 4) is 11.4 Å². The van der Waals surface area contributed by atoms with Gasteiger partial charge in [0.1, 0.15) is 17.6 Å². The van der Waals surface area contributed by atoms with Crippen molar-refractivity contribution in [2.45, 2.75) is 40.7 Å². The number of benzene rings is 3. The summed E-state index contributed by atoms with van der Waals surface area (Å²) in [6.45, 7) is 10.8. The lowest BCUT2D eigenvalue weighted by atomic mass is 9.90. The number of allylic oxidation sites excluding steroid dienone is 1. The van der Waals surface area contributed by atoms with E-state index in [4.69, 9.17) is 9.73 Å². The average molecular weight is 623 g/mol. The van der Waals surface area contributed by atoms with Crippen LogP contribution in [0.3, 0.4) is 0 Å². The van der Waals surface area contributed by atoms with E-state index in [9.17, 15) is 14.0 Å². The van der Waals surface area contributed by atoms with E-state index in [0.717, 1.165) is 39.0 Å². The maximum atomic E-state index is 14.5. The smallest absolute Gasteiger partial charge is 0.271 e. The maximum Gasteiger partial charge on any atom is 0.271 e. The molecule has 0 saturated heterocycles. The number of thiazole rings is 1. The topological polar surface area (TPSA) is 68.8 Å². The number of aromatic nitrogens is 2. The summed E-state index contributed by atoms with van der Waals surface area (Å²) in [4.78, 5) is 35.8. The second-order valence-corrected chi connectivity index (χ2v) is 12.1. The lowest BCUT2D eigenvalue weighted by molar-refractivity contribution is -0.127. The van der Waals surface area contributed by atoms with E-state index >= 15 is 0 Å². The van der Waals surface area contributed by atoms with Gasteiger partial charge >= 0.3 is 0 Å². The van der Waals surface area contributed by atoms with Gasteiger partial charge < -0.3 is 14.2 Å². The van der Waals surface area contributed by atoms with Gasteiger partial charge in [-0.2, -0.15) is 0 Å². The van der Waals surface area contributed by atoms with Crippen molar-refractivity contribution in [1.29, 1.82) is 0 Å². The predicted octanol–water partition coefficient (Wildman–Crippen LogP) is 5.81. The van der Waals surface area contributed by atoms with E-state index in [-0.39, 0.29) is 17.3 Å². The molecule has 3 aromatic carbocycles. The van der Waals surface area contributed by atoms with E-state index in [2.05, 4.69) is 0 Å². The molecule has 0 radical (unpaired) electrons. The van der Waals surface area contributed by atoms with Gasteiger partial charge in [0.25, 0.3) is 11.5 Å². The lowest BCUT2D eigenvalue weighted by Crippen LogP contribution is -2.43. The number of fused-ring (bicyclic) bond motifs is 2. The van der Waals surface area contributed by atoms with Crippen LogP contribution in [0.4, 0.5) is 4.39 Å². The van der Waals surface area contributed by atoms with E-state index in [1.807, 2.05) is 87.7 Å². The number of halogens is 1. The van der Waals surface area contributed by atoms with Crippen molar-refractivity contribution in [1.82, 2.24) is 14.0 Å². The summed E-state index contributed by atoms with van der Waals surface area (Å²) in [5, 5.41) is 1.88. The molecule has 0 unspecified atom stereocenters. The molecule has 9 heteroatoms. The number of amides is 1. The van der Waals surface area contributed by atoms with Gasteiger partial charge in [-0.05, 0) is 93.4 Å². The standard InChI is InChI=1S/C36H35FN4O3S/c1-7-39(8-2)35(43)31-22(4)38-36-41(33(31)32-28-12-10-9-11-24(28)13-18-29(32)44-6)34(42)30(45-36)20-25-19-21(3)40(23(25)5)27-16-14-26(37)15-17-27/h9-20,33H,7-8H2,1-6H3/b30-20+/t33-/m1/s1. The molecule has 0 N–H and O–H groups in total. The van der Waals surface area contributed by atoms with Gasteiger partial charge in [0.2, 0.25) is 0 Å². The maximum absolute atomic E-state index is 14.5. The third kappa shape index (κ3) is 5.11. The molecule has 7 nitrogen and oxygen atoms in total. The Bertz CT molecular complexity index is 2170. The second-order valence-electron chi connectivity index (χ2n) is 11.1. The normalized spacial score (nSPS) is 14.9. The van der Waals surface area contributed by atoms with Crippen LogP contribution in [0.15, 0.2) is 87.8 Å². The van der Waals surface area contributed by atoms with Gasteiger partial charge in [-0.3, -0.25) is 14.2 Å². The molecule has 0 spiro atoms. The number of rotatable bonds is 7. The van der Waals surface area contributed by atoms with Gasteiger partial charge in [0, 0.05) is 35.7 Å². The summed E-state index contributed by atoms with van der Waals surface area (Å²) < 4.78 is 23.7. The Kier molecular flexibility index (Phi) is 8.05. The Morgan fingerprint density at radius 3 is 2.44 bits per heavy atom. The minimum Gasteiger partial charge on any atom is -0.496 e. The van der Waals surface area contributed by atoms with Crippen LogP contribution in [0, 0.1) is 19.7 Å². The Morgan fingerprint density at radius 2 is 1.76 bits per heavy atom. The first-order valence-electron chi connectivity index (χ1n) is 15.0. The van der Waals surface area contributed by atoms with Crippen molar-refractivity contribution in [3.63, 3.8) is 0 Å². The molecule has 1 aliphatic heterocycles. The molecule has 3 heterocycles. The van der Waals surface area contributed by atoms with E-state index in [1.54, 1.807) is 28.7 Å². The molecule has 0 fully saturated rings. The van der Waals surface area contributed by atoms with Crippen LogP contribution >= 0.6 is 11.3 Å². The first kappa shape index (κ1) is 30.3. The van der Waals surface area contributed by atoms with Gasteiger partial charge in [0.05, 0.1) is 22.9 Å². The zero-order chi connectivity index (χ0) is 32.0. The summed E-state index contributed by atoms with van der Waals surface area (Å²) in [6, 6.07) is 19.4. The summed E-state index contributed by atoms with van der Waals surface area (Å²) >= 11 is 1.30. The van der Waals surface area contributed by atoms with E-state index in [1.165, 1.54) is 23.5 Å². The monoisotopic (exact) mass is 622 g/mol. The molecular weight excluding hydrogens is 587 g/mol. The molecule has 2 aromatic heterocycles. The molecular formula is C36H35FN4O3S. The molecule has 0 saturated carbocycles. The summed E-state index contributed by atoms with van der Waals surface area (Å²) in [7, 11) is 1.61. The number of nitrogens with zero attached hydrogens (tertiary/aromatic N) is 4. The molecule has 45 heavy (non-hydrogen) atoms. The highest BCUT2D eigenvalue weighted by Crippen LogP contribution is 2.40. The summed E-state index contributed by atoms with van der Waals surface area (Å²) in [5.74, 6) is 0.142. The average Bonchev–Trinajstić information content (AvgIpc) is 3.49. The van der Waals surface area contributed by atoms with Crippen LogP contribution in [0.1, 0.15) is 49.3 Å². The zero-order valence-electron chi connectivity index (χ0n) is 26.2. The highest BCUT2D eigenvalue weighted by atomic mass is 32.1. The molecule has 1 atom stereocenters. The predicted molar refractivity (Wildman–Crippen MR) is 177 cm³/mol. The second kappa shape index (κ2) is 12.0. The van der Waals surface area contributed by atoms with Crippen molar-refractivity contribution in [2.24, 2.45) is 4.99 Å². The molecule has 0 aliphatic carbocycles. The molecule has 0 bridgehead atoms. The fraction of sp³-hybridized carbons (Fsp3) is 0.250. The number of aryl methyl sites for hydroxylation is 1. The highest BCUT2D eigenvalue weighted by Gasteiger charge is 2.36. The molecule has 1 amide bonds. The number of likely N-dealkylation sites (N-methyl/N-ethyl adjacent to an activating group) is 1. The van der Waals surface area contributed by atoms with Gasteiger partial charge in [-0.1, -0.05) is 41.7 Å². The largest absolute Gasteiger partial charge is 0.496 e. The quantitative estimate of drug-likeness (QED) is 0.230. The third-order valence-electron chi connectivity index (χ3n) is 8.57. The Morgan fingerprint density at radius 1 is 1.04 bits per heavy atom. The lowest BCUT2D eigenvalue weighted by Gasteiger charge is -2.30. The Labute approximate surface area is 264 Å². The van der Waals surface area contributed by atoms with Crippen LogP contribution in [0.5, 0.6) is 5.75 Å². The summed E-state index contributed by atoms with van der Waals surface area (Å²) in [6.07, 6.45) is 1.88. The van der Waals surface area contributed by atoms with Crippen molar-refractivity contribution in [2.75, 3.05) is 20.2 Å². The first-order valence-corrected chi connectivity index (χ1v) is 15.8. The minimum absolute atomic E-state index is 0.154. The van der Waals surface area contributed by atoms with E-state index < -0.39 is 6.04 Å². The van der Waals surface area contributed by atoms with Gasteiger partial charge in [-0.25, -0.2) is 9.38 Å². The highest BCUT2D eigenvalue weighted by molar-refractivity contribution is 7.07. The number of hydrogen-bond donors (Lipinski definition) is 0. The number of carbonyl (C=O) groups is 1. The van der Waals surface area contributed by atoms with Crippen LogP contribution in [0.2, 0.25) is 0 Å². The zero-order valence-corrected chi connectivity index (χ0v) is 27.0. The summed E-state index contributed by atoms with van der Waals surface area (Å²) in [5.41, 5.74) is 5.15. The molecule has 6 rings (SSSR count). The van der Waals surface area contributed by atoms with Crippen LogP contribution in [0.25, 0.3) is 22.5 Å². The van der Waals surface area contributed by atoms with Gasteiger partial charge in [-0.15, -0.1) is 0 Å². The van der Waals surface area contributed by atoms with Crippen molar-refractivity contribution < 1.29 is 13.9 Å². The Balaban J connectivity index is 1.61. The van der Waals surface area contributed by atoms with Crippen LogP contribution in [-0.2, 0) is 4.79 Å². The number of hydrogen-bond acceptors (Lipinski definition) is 5. The van der Waals surface area contributed by atoms with Gasteiger partial charge in [0.15, 0.2) is 4.80 Å². The minimum atomic E-state index is -0.746. The van der Waals surface area contributed by atoms with Crippen molar-refractivity contribution in [3.05, 3.63) is 126 Å². The molecule has 5 aromatic rings. The van der Waals surface area contributed by atoms with Crippen LogP contribution < -0.4 is 19.6 Å². The van der Waals surface area contributed by atoms with Crippen LogP contribution in [-0.4, -0.2) is 40.1 Å². The Hall–Kier alpha value is -4.76. The SMILES string of the molecule is CCN(CC)C(=O)C1=C(C)N=c2s/c(=C/c3cc(C)n(-c4ccc(F)cc4)c3C)c(=O)n2[C@H]1c1c(OC)ccc2ccccc12. The van der Waals surface area contributed by atoms with E-state index in [0.29, 0.717) is 39.4 Å². The number of ether oxygens (including phenoxy) is 1.